The Bertz CT molecular complexity index is 1030. The first-order chi connectivity index (χ1) is 13.3. The number of methoxy groups -OCH3 is 1. The molecule has 0 aliphatic heterocycles. The van der Waals surface area contributed by atoms with E-state index < -0.39 is 11.8 Å². The third-order valence-corrected chi connectivity index (χ3v) is 4.42. The van der Waals surface area contributed by atoms with E-state index in [9.17, 15) is 9.59 Å². The number of hydrogen-bond donors (Lipinski definition) is 0. The minimum Gasteiger partial charge on any atom is -0.496 e. The minimum atomic E-state index is -0.448. The third kappa shape index (κ3) is 3.61. The van der Waals surface area contributed by atoms with Crippen molar-refractivity contribution in [2.24, 2.45) is 0 Å². The normalized spacial score (nSPS) is 10.6. The van der Waals surface area contributed by atoms with Crippen molar-refractivity contribution in [2.45, 2.75) is 20.8 Å². The number of aromatic nitrogens is 2. The predicted octanol–water partition coefficient (Wildman–Crippen LogP) is 4.27. The molecular formula is C20H18ClN3O4. The highest BCUT2D eigenvalue weighted by Gasteiger charge is 2.24. The molecule has 0 radical (unpaired) electrons. The molecule has 8 heteroatoms. The Morgan fingerprint density at radius 3 is 2.36 bits per heavy atom. The zero-order valence-corrected chi connectivity index (χ0v) is 16.6. The lowest BCUT2D eigenvalue weighted by Gasteiger charge is -2.20. The predicted molar refractivity (Wildman–Crippen MR) is 105 cm³/mol. The SMILES string of the molecule is COc1cc(N(C(C)=O)C(C)=O)c(Cl)cc1-c1nc(-c2ccncc2)c(C)o1. The number of rotatable bonds is 4. The highest BCUT2D eigenvalue weighted by atomic mass is 35.5. The van der Waals surface area contributed by atoms with Crippen LogP contribution in [0.3, 0.4) is 0 Å². The van der Waals surface area contributed by atoms with Crippen LogP contribution in [-0.4, -0.2) is 28.9 Å². The fraction of sp³-hybridized carbons (Fsp3) is 0.200. The van der Waals surface area contributed by atoms with E-state index in [0.717, 1.165) is 10.5 Å². The van der Waals surface area contributed by atoms with Crippen LogP contribution in [-0.2, 0) is 9.59 Å². The van der Waals surface area contributed by atoms with E-state index in [1.807, 2.05) is 19.1 Å². The van der Waals surface area contributed by atoms with Crippen molar-refractivity contribution in [1.29, 1.82) is 0 Å². The molecule has 28 heavy (non-hydrogen) atoms. The largest absolute Gasteiger partial charge is 0.496 e. The molecular weight excluding hydrogens is 382 g/mol. The molecule has 0 aliphatic rings. The summed E-state index contributed by atoms with van der Waals surface area (Å²) >= 11 is 6.38. The topological polar surface area (TPSA) is 85.5 Å². The van der Waals surface area contributed by atoms with Crippen LogP contribution in [0.1, 0.15) is 19.6 Å². The van der Waals surface area contributed by atoms with Crippen molar-refractivity contribution < 1.29 is 18.7 Å². The number of hydrogen-bond acceptors (Lipinski definition) is 6. The Morgan fingerprint density at radius 2 is 1.79 bits per heavy atom. The molecule has 2 aromatic heterocycles. The van der Waals surface area contributed by atoms with E-state index in [-0.39, 0.29) is 10.7 Å². The number of benzene rings is 1. The summed E-state index contributed by atoms with van der Waals surface area (Å²) in [6, 6.07) is 6.75. The van der Waals surface area contributed by atoms with Gasteiger partial charge in [-0.25, -0.2) is 9.88 Å². The molecule has 0 unspecified atom stereocenters. The summed E-state index contributed by atoms with van der Waals surface area (Å²) in [4.78, 5) is 33.3. The third-order valence-electron chi connectivity index (χ3n) is 4.12. The molecule has 3 aromatic rings. The number of aryl methyl sites for hydroxylation is 1. The zero-order valence-electron chi connectivity index (χ0n) is 15.8. The monoisotopic (exact) mass is 399 g/mol. The average molecular weight is 400 g/mol. The molecule has 0 atom stereocenters. The van der Waals surface area contributed by atoms with E-state index in [1.165, 1.54) is 27.0 Å². The highest BCUT2D eigenvalue weighted by molar-refractivity contribution is 6.35. The van der Waals surface area contributed by atoms with Gasteiger partial charge in [0.2, 0.25) is 17.7 Å². The first-order valence-corrected chi connectivity index (χ1v) is 8.78. The number of carbonyl (C=O) groups excluding carboxylic acids is 2. The van der Waals surface area contributed by atoms with Gasteiger partial charge in [-0.3, -0.25) is 14.6 Å². The lowest BCUT2D eigenvalue weighted by Crippen LogP contribution is -2.33. The van der Waals surface area contributed by atoms with Crippen LogP contribution in [0.5, 0.6) is 5.75 Å². The number of carbonyl (C=O) groups is 2. The zero-order chi connectivity index (χ0) is 20.4. The maximum absolute atomic E-state index is 11.9. The van der Waals surface area contributed by atoms with Crippen LogP contribution in [0.25, 0.3) is 22.7 Å². The molecule has 144 valence electrons. The molecule has 0 saturated heterocycles. The summed E-state index contributed by atoms with van der Waals surface area (Å²) in [5, 5.41) is 0.197. The van der Waals surface area contributed by atoms with Gasteiger partial charge >= 0.3 is 0 Å². The molecule has 0 N–H and O–H groups in total. The van der Waals surface area contributed by atoms with Gasteiger partial charge in [0.25, 0.3) is 0 Å². The first-order valence-electron chi connectivity index (χ1n) is 8.40. The van der Waals surface area contributed by atoms with E-state index in [2.05, 4.69) is 9.97 Å². The minimum absolute atomic E-state index is 0.197. The highest BCUT2D eigenvalue weighted by Crippen LogP contribution is 2.40. The summed E-state index contributed by atoms with van der Waals surface area (Å²) in [5.74, 6) is 0.408. The number of ether oxygens (including phenoxy) is 1. The molecule has 0 aliphatic carbocycles. The molecule has 0 spiro atoms. The van der Waals surface area contributed by atoms with Crippen molar-refractivity contribution in [1.82, 2.24) is 9.97 Å². The molecule has 0 saturated carbocycles. The Balaban J connectivity index is 2.12. The Hall–Kier alpha value is -3.19. The smallest absolute Gasteiger partial charge is 0.230 e. The number of amides is 2. The second kappa shape index (κ2) is 7.82. The van der Waals surface area contributed by atoms with E-state index in [0.29, 0.717) is 28.7 Å². The quantitative estimate of drug-likeness (QED) is 0.651. The number of imide groups is 1. The standard InChI is InChI=1S/C20H18ClN3O4/c1-11-19(14-5-7-22-8-6-14)23-20(28-11)15-9-16(21)17(10-18(15)27-4)24(12(2)25)13(3)26/h5-10H,1-4H3. The summed E-state index contributed by atoms with van der Waals surface area (Å²) < 4.78 is 11.3. The molecule has 3 rings (SSSR count). The van der Waals surface area contributed by atoms with Crippen molar-refractivity contribution in [2.75, 3.05) is 12.0 Å². The van der Waals surface area contributed by atoms with Crippen LogP contribution in [0.15, 0.2) is 41.1 Å². The van der Waals surface area contributed by atoms with Crippen LogP contribution in [0, 0.1) is 6.92 Å². The Kier molecular flexibility index (Phi) is 5.46. The van der Waals surface area contributed by atoms with E-state index in [1.54, 1.807) is 18.5 Å². The lowest BCUT2D eigenvalue weighted by atomic mass is 10.1. The average Bonchev–Trinajstić information content (AvgIpc) is 3.04. The van der Waals surface area contributed by atoms with E-state index in [4.69, 9.17) is 20.8 Å². The maximum Gasteiger partial charge on any atom is 0.230 e. The van der Waals surface area contributed by atoms with Gasteiger partial charge in [0.1, 0.15) is 17.2 Å². The molecule has 7 nitrogen and oxygen atoms in total. The molecule has 1 aromatic carbocycles. The molecule has 2 heterocycles. The van der Waals surface area contributed by atoms with Gasteiger partial charge in [-0.2, -0.15) is 0 Å². The summed E-state index contributed by atoms with van der Waals surface area (Å²) in [7, 11) is 1.47. The van der Waals surface area contributed by atoms with Gasteiger partial charge in [0.15, 0.2) is 0 Å². The molecule has 2 amide bonds. The number of oxazole rings is 1. The Labute approximate surface area is 166 Å². The van der Waals surface area contributed by atoms with Gasteiger partial charge < -0.3 is 9.15 Å². The molecule has 0 bridgehead atoms. The van der Waals surface area contributed by atoms with Gasteiger partial charge in [-0.05, 0) is 25.1 Å². The van der Waals surface area contributed by atoms with Gasteiger partial charge in [0.05, 0.1) is 23.4 Å². The number of pyridine rings is 1. The maximum atomic E-state index is 11.9. The van der Waals surface area contributed by atoms with Crippen LogP contribution in [0.4, 0.5) is 5.69 Å². The lowest BCUT2D eigenvalue weighted by molar-refractivity contribution is -0.124. The number of nitrogens with zero attached hydrogens (tertiary/aromatic N) is 3. The van der Waals surface area contributed by atoms with Crippen LogP contribution < -0.4 is 9.64 Å². The van der Waals surface area contributed by atoms with Crippen molar-refractivity contribution >= 4 is 29.1 Å². The second-order valence-corrected chi connectivity index (χ2v) is 6.44. The summed E-state index contributed by atoms with van der Waals surface area (Å²) in [5.41, 5.74) is 2.28. The van der Waals surface area contributed by atoms with Crippen LogP contribution in [0.2, 0.25) is 5.02 Å². The summed E-state index contributed by atoms with van der Waals surface area (Å²) in [6.07, 6.45) is 3.35. The summed E-state index contributed by atoms with van der Waals surface area (Å²) in [6.45, 7) is 4.38. The van der Waals surface area contributed by atoms with Gasteiger partial charge in [-0.15, -0.1) is 0 Å². The van der Waals surface area contributed by atoms with E-state index >= 15 is 0 Å². The van der Waals surface area contributed by atoms with Gasteiger partial charge in [0, 0.05) is 37.9 Å². The van der Waals surface area contributed by atoms with Crippen molar-refractivity contribution in [3.05, 3.63) is 47.4 Å². The first kappa shape index (κ1) is 19.6. The number of halogens is 1. The Morgan fingerprint density at radius 1 is 1.14 bits per heavy atom. The van der Waals surface area contributed by atoms with Crippen molar-refractivity contribution in [3.8, 4) is 28.5 Å². The number of anilines is 1. The molecule has 0 fully saturated rings. The fourth-order valence-electron chi connectivity index (χ4n) is 2.90. The van der Waals surface area contributed by atoms with Crippen molar-refractivity contribution in [3.63, 3.8) is 0 Å². The second-order valence-electron chi connectivity index (χ2n) is 6.04. The fourth-order valence-corrected chi connectivity index (χ4v) is 3.15. The van der Waals surface area contributed by atoms with Crippen LogP contribution >= 0.6 is 11.6 Å². The van der Waals surface area contributed by atoms with Gasteiger partial charge in [-0.1, -0.05) is 11.6 Å².